The highest BCUT2D eigenvalue weighted by molar-refractivity contribution is 6.30. The molecule has 4 nitrogen and oxygen atoms in total. The zero-order valence-electron chi connectivity index (χ0n) is 12.6. The fraction of sp³-hybridized carbons (Fsp3) is 0.438. The van der Waals surface area contributed by atoms with Gasteiger partial charge in [-0.15, -0.1) is 0 Å². The van der Waals surface area contributed by atoms with Gasteiger partial charge in [0.15, 0.2) is 0 Å². The van der Waals surface area contributed by atoms with Crippen LogP contribution in [0.5, 0.6) is 0 Å². The molecule has 0 fully saturated rings. The second-order valence-corrected chi connectivity index (χ2v) is 5.71. The van der Waals surface area contributed by atoms with Gasteiger partial charge in [-0.25, -0.2) is 0 Å². The van der Waals surface area contributed by atoms with Crippen LogP contribution in [0, 0.1) is 20.8 Å². The van der Waals surface area contributed by atoms with E-state index in [1.807, 2.05) is 49.7 Å². The third kappa shape index (κ3) is 4.30. The third-order valence-corrected chi connectivity index (χ3v) is 3.87. The first-order chi connectivity index (χ1) is 9.97. The molecule has 0 aliphatic carbocycles. The molecule has 114 valence electrons. The summed E-state index contributed by atoms with van der Waals surface area (Å²) in [5.74, 6) is 0. The molecule has 0 amide bonds. The van der Waals surface area contributed by atoms with E-state index in [4.69, 9.17) is 16.3 Å². The van der Waals surface area contributed by atoms with E-state index >= 15 is 0 Å². The number of hydrogen-bond acceptors (Lipinski definition) is 3. The van der Waals surface area contributed by atoms with Crippen molar-refractivity contribution in [3.05, 3.63) is 51.8 Å². The summed E-state index contributed by atoms with van der Waals surface area (Å²) in [5, 5.41) is 15.2. The predicted octanol–water partition coefficient (Wildman–Crippen LogP) is 3.04. The molecule has 1 aromatic carbocycles. The molecule has 0 aliphatic rings. The van der Waals surface area contributed by atoms with Crippen molar-refractivity contribution in [1.29, 1.82) is 0 Å². The summed E-state index contributed by atoms with van der Waals surface area (Å²) >= 11 is 5.83. The van der Waals surface area contributed by atoms with E-state index in [2.05, 4.69) is 5.10 Å². The van der Waals surface area contributed by atoms with E-state index < -0.39 is 6.10 Å². The lowest BCUT2D eigenvalue weighted by atomic mass is 10.2. The first-order valence-electron chi connectivity index (χ1n) is 6.98. The van der Waals surface area contributed by atoms with Gasteiger partial charge in [0, 0.05) is 10.7 Å². The number of hydrogen-bond donors (Lipinski definition) is 1. The van der Waals surface area contributed by atoms with Crippen molar-refractivity contribution in [1.82, 2.24) is 9.78 Å². The van der Waals surface area contributed by atoms with Gasteiger partial charge in [0.2, 0.25) is 0 Å². The van der Waals surface area contributed by atoms with Gasteiger partial charge in [-0.1, -0.05) is 23.7 Å². The lowest BCUT2D eigenvalue weighted by molar-refractivity contribution is 0.0184. The van der Waals surface area contributed by atoms with Gasteiger partial charge in [0.25, 0.3) is 0 Å². The Morgan fingerprint density at radius 3 is 2.48 bits per heavy atom. The Bertz CT molecular complexity index is 593. The van der Waals surface area contributed by atoms with Crippen LogP contribution in [0.15, 0.2) is 24.3 Å². The Balaban J connectivity index is 1.80. The molecule has 1 atom stereocenters. The normalized spacial score (nSPS) is 12.6. The van der Waals surface area contributed by atoms with E-state index in [1.54, 1.807) is 0 Å². The molecule has 21 heavy (non-hydrogen) atoms. The smallest absolute Gasteiger partial charge is 0.0969 e. The first kappa shape index (κ1) is 16.0. The van der Waals surface area contributed by atoms with Crippen molar-refractivity contribution in [2.75, 3.05) is 6.61 Å². The third-order valence-electron chi connectivity index (χ3n) is 3.62. The average Bonchev–Trinajstić information content (AvgIpc) is 2.68. The Kier molecular flexibility index (Phi) is 5.39. The molecule has 2 aromatic rings. The van der Waals surface area contributed by atoms with Crippen LogP contribution in [0.1, 0.15) is 22.5 Å². The maximum atomic E-state index is 10.0. The van der Waals surface area contributed by atoms with Crippen LogP contribution in [0.3, 0.4) is 0 Å². The van der Waals surface area contributed by atoms with Crippen molar-refractivity contribution >= 4 is 11.6 Å². The molecule has 0 saturated heterocycles. The molecule has 0 bridgehead atoms. The Hall–Kier alpha value is -1.36. The standard InChI is InChI=1S/C16H21ClN2O2/c1-11-12(2)18-19(13(11)3)8-16(20)10-21-9-14-4-6-15(17)7-5-14/h4-7,16,20H,8-10H2,1-3H3/t16-/m1/s1. The molecule has 1 aromatic heterocycles. The minimum Gasteiger partial charge on any atom is -0.389 e. The quantitative estimate of drug-likeness (QED) is 0.892. The maximum absolute atomic E-state index is 10.0. The molecule has 0 unspecified atom stereocenters. The number of aliphatic hydroxyl groups excluding tert-OH is 1. The van der Waals surface area contributed by atoms with E-state index in [0.29, 0.717) is 18.2 Å². The van der Waals surface area contributed by atoms with Crippen LogP contribution >= 0.6 is 11.6 Å². The topological polar surface area (TPSA) is 47.3 Å². The second-order valence-electron chi connectivity index (χ2n) is 5.27. The van der Waals surface area contributed by atoms with Crippen LogP contribution in [-0.2, 0) is 17.9 Å². The van der Waals surface area contributed by atoms with Gasteiger partial charge in [-0.3, -0.25) is 4.68 Å². The summed E-state index contributed by atoms with van der Waals surface area (Å²) in [6, 6.07) is 7.49. The fourth-order valence-corrected chi connectivity index (χ4v) is 2.24. The molecule has 1 N–H and O–H groups in total. The van der Waals surface area contributed by atoms with Gasteiger partial charge < -0.3 is 9.84 Å². The zero-order valence-corrected chi connectivity index (χ0v) is 13.4. The second kappa shape index (κ2) is 7.07. The highest BCUT2D eigenvalue weighted by Gasteiger charge is 2.11. The number of nitrogens with zero attached hydrogens (tertiary/aromatic N) is 2. The van der Waals surface area contributed by atoms with Crippen LogP contribution < -0.4 is 0 Å². The summed E-state index contributed by atoms with van der Waals surface area (Å²) in [4.78, 5) is 0. The van der Waals surface area contributed by atoms with Crippen molar-refractivity contribution in [3.63, 3.8) is 0 Å². The van der Waals surface area contributed by atoms with E-state index in [1.165, 1.54) is 5.56 Å². The molecule has 0 spiro atoms. The summed E-state index contributed by atoms with van der Waals surface area (Å²) in [6.45, 7) is 7.21. The van der Waals surface area contributed by atoms with Crippen molar-refractivity contribution in [2.45, 2.75) is 40.0 Å². The molecule has 5 heteroatoms. The lowest BCUT2D eigenvalue weighted by Gasteiger charge is -2.13. The summed E-state index contributed by atoms with van der Waals surface area (Å²) in [6.07, 6.45) is -0.574. The highest BCUT2D eigenvalue weighted by Crippen LogP contribution is 2.12. The highest BCUT2D eigenvalue weighted by atomic mass is 35.5. The fourth-order valence-electron chi connectivity index (χ4n) is 2.11. The number of ether oxygens (including phenoxy) is 1. The minimum absolute atomic E-state index is 0.278. The zero-order chi connectivity index (χ0) is 15.4. The number of benzene rings is 1. The Labute approximate surface area is 130 Å². The summed E-state index contributed by atoms with van der Waals surface area (Å²) < 4.78 is 7.37. The number of aryl methyl sites for hydroxylation is 1. The molecular formula is C16H21ClN2O2. The van der Waals surface area contributed by atoms with Crippen LogP contribution in [0.4, 0.5) is 0 Å². The number of aromatic nitrogens is 2. The van der Waals surface area contributed by atoms with Crippen molar-refractivity contribution < 1.29 is 9.84 Å². The summed E-state index contributed by atoms with van der Waals surface area (Å²) in [5.41, 5.74) is 4.30. The van der Waals surface area contributed by atoms with Gasteiger partial charge in [0.05, 0.1) is 31.6 Å². The van der Waals surface area contributed by atoms with E-state index in [-0.39, 0.29) is 6.61 Å². The number of aliphatic hydroxyl groups is 1. The van der Waals surface area contributed by atoms with Crippen molar-refractivity contribution in [3.8, 4) is 0 Å². The minimum atomic E-state index is -0.574. The molecule has 0 aliphatic heterocycles. The molecular weight excluding hydrogens is 288 g/mol. The predicted molar refractivity (Wildman–Crippen MR) is 83.6 cm³/mol. The van der Waals surface area contributed by atoms with E-state index in [9.17, 15) is 5.11 Å². The average molecular weight is 309 g/mol. The van der Waals surface area contributed by atoms with Gasteiger partial charge >= 0.3 is 0 Å². The van der Waals surface area contributed by atoms with Crippen molar-refractivity contribution in [2.24, 2.45) is 0 Å². The molecule has 1 heterocycles. The summed E-state index contributed by atoms with van der Waals surface area (Å²) in [7, 11) is 0. The maximum Gasteiger partial charge on any atom is 0.0969 e. The van der Waals surface area contributed by atoms with Crippen LogP contribution in [0.2, 0.25) is 5.02 Å². The van der Waals surface area contributed by atoms with Gasteiger partial charge in [-0.2, -0.15) is 5.10 Å². The lowest BCUT2D eigenvalue weighted by Crippen LogP contribution is -2.23. The largest absolute Gasteiger partial charge is 0.389 e. The molecule has 0 saturated carbocycles. The SMILES string of the molecule is Cc1nn(C[C@@H](O)COCc2ccc(Cl)cc2)c(C)c1C. The monoisotopic (exact) mass is 308 g/mol. The molecule has 0 radical (unpaired) electrons. The first-order valence-corrected chi connectivity index (χ1v) is 7.36. The van der Waals surface area contributed by atoms with E-state index in [0.717, 1.165) is 17.0 Å². The van der Waals surface area contributed by atoms with Gasteiger partial charge in [-0.05, 0) is 44.0 Å². The van der Waals surface area contributed by atoms with Gasteiger partial charge in [0.1, 0.15) is 0 Å². The van der Waals surface area contributed by atoms with Crippen LogP contribution in [-0.4, -0.2) is 27.6 Å². The van der Waals surface area contributed by atoms with Crippen LogP contribution in [0.25, 0.3) is 0 Å². The molecule has 2 rings (SSSR count). The Morgan fingerprint density at radius 1 is 1.24 bits per heavy atom. The Morgan fingerprint density at radius 2 is 1.90 bits per heavy atom. The number of halogens is 1. The number of rotatable bonds is 6.